The number of nitrogens with one attached hydrogen (secondary N) is 2. The van der Waals surface area contributed by atoms with Crippen molar-refractivity contribution in [3.05, 3.63) is 23.9 Å². The van der Waals surface area contributed by atoms with E-state index in [0.717, 1.165) is 24.6 Å². The summed E-state index contributed by atoms with van der Waals surface area (Å²) in [5.74, 6) is 1.48. The molecule has 0 fully saturated rings. The van der Waals surface area contributed by atoms with E-state index < -0.39 is 0 Å². The van der Waals surface area contributed by atoms with Gasteiger partial charge in [0.05, 0.1) is 12.6 Å². The lowest BCUT2D eigenvalue weighted by molar-refractivity contribution is 0.232. The fraction of sp³-hybridized carbons (Fsp3) is 0.571. The van der Waals surface area contributed by atoms with Gasteiger partial charge in [0, 0.05) is 25.4 Å². The zero-order valence-corrected chi connectivity index (χ0v) is 12.2. The second-order valence-electron chi connectivity index (χ2n) is 4.40. The summed E-state index contributed by atoms with van der Waals surface area (Å²) in [6, 6.07) is 3.87. The van der Waals surface area contributed by atoms with E-state index in [9.17, 15) is 0 Å². The molecule has 0 saturated carbocycles. The van der Waals surface area contributed by atoms with Crippen LogP contribution in [0.2, 0.25) is 0 Å². The molecular weight excluding hydrogens is 240 g/mol. The SMILES string of the molecule is CCNC(=NCc1ccc(OC(C)C)nc1)NCC. The van der Waals surface area contributed by atoms with Crippen molar-refractivity contribution in [1.82, 2.24) is 15.6 Å². The van der Waals surface area contributed by atoms with Crippen LogP contribution in [0.3, 0.4) is 0 Å². The minimum absolute atomic E-state index is 0.144. The molecule has 0 aliphatic carbocycles. The Hall–Kier alpha value is -1.78. The lowest BCUT2D eigenvalue weighted by Crippen LogP contribution is -2.36. The predicted octanol–water partition coefficient (Wildman–Crippen LogP) is 1.94. The second kappa shape index (κ2) is 8.34. The Morgan fingerprint density at radius 3 is 2.42 bits per heavy atom. The van der Waals surface area contributed by atoms with Crippen molar-refractivity contribution in [2.75, 3.05) is 13.1 Å². The first-order chi connectivity index (χ1) is 9.15. The number of guanidine groups is 1. The van der Waals surface area contributed by atoms with E-state index in [2.05, 4.69) is 20.6 Å². The van der Waals surface area contributed by atoms with E-state index in [1.54, 1.807) is 6.20 Å². The van der Waals surface area contributed by atoms with Crippen LogP contribution in [0.1, 0.15) is 33.3 Å². The summed E-state index contributed by atoms with van der Waals surface area (Å²) >= 11 is 0. The number of aromatic nitrogens is 1. The van der Waals surface area contributed by atoms with Crippen LogP contribution >= 0.6 is 0 Å². The molecule has 1 heterocycles. The summed E-state index contributed by atoms with van der Waals surface area (Å²) in [6.45, 7) is 10.4. The van der Waals surface area contributed by atoms with Gasteiger partial charge in [-0.3, -0.25) is 0 Å². The van der Waals surface area contributed by atoms with E-state index in [0.29, 0.717) is 12.4 Å². The molecule has 19 heavy (non-hydrogen) atoms. The molecule has 1 aromatic heterocycles. The molecule has 0 aliphatic rings. The highest BCUT2D eigenvalue weighted by atomic mass is 16.5. The maximum Gasteiger partial charge on any atom is 0.213 e. The highest BCUT2D eigenvalue weighted by Crippen LogP contribution is 2.10. The van der Waals surface area contributed by atoms with Gasteiger partial charge in [-0.25, -0.2) is 9.98 Å². The van der Waals surface area contributed by atoms with Gasteiger partial charge in [0.15, 0.2) is 5.96 Å². The number of hydrogen-bond acceptors (Lipinski definition) is 3. The van der Waals surface area contributed by atoms with E-state index >= 15 is 0 Å². The Labute approximate surface area is 115 Å². The summed E-state index contributed by atoms with van der Waals surface area (Å²) in [5, 5.41) is 6.37. The molecule has 106 valence electrons. The molecule has 0 amide bonds. The van der Waals surface area contributed by atoms with Crippen LogP contribution in [0.15, 0.2) is 23.3 Å². The zero-order chi connectivity index (χ0) is 14.1. The predicted molar refractivity (Wildman–Crippen MR) is 78.5 cm³/mol. The summed E-state index contributed by atoms with van der Waals surface area (Å²) in [7, 11) is 0. The van der Waals surface area contributed by atoms with Crippen LogP contribution in [0, 0.1) is 0 Å². The van der Waals surface area contributed by atoms with E-state index in [-0.39, 0.29) is 6.10 Å². The van der Waals surface area contributed by atoms with Crippen LogP contribution in [0.4, 0.5) is 0 Å². The molecule has 5 nitrogen and oxygen atoms in total. The van der Waals surface area contributed by atoms with Gasteiger partial charge in [-0.05, 0) is 33.3 Å². The first-order valence-electron chi connectivity index (χ1n) is 6.79. The third kappa shape index (κ3) is 6.08. The molecule has 2 N–H and O–H groups in total. The summed E-state index contributed by atoms with van der Waals surface area (Å²) in [6.07, 6.45) is 1.95. The first kappa shape index (κ1) is 15.3. The Bertz CT molecular complexity index is 379. The van der Waals surface area contributed by atoms with Gasteiger partial charge in [0.2, 0.25) is 5.88 Å². The molecule has 5 heteroatoms. The molecule has 1 aromatic rings. The molecule has 0 atom stereocenters. The minimum Gasteiger partial charge on any atom is -0.475 e. The monoisotopic (exact) mass is 264 g/mol. The van der Waals surface area contributed by atoms with Crippen molar-refractivity contribution < 1.29 is 4.74 Å². The Morgan fingerprint density at radius 1 is 1.26 bits per heavy atom. The summed E-state index contributed by atoms with van der Waals surface area (Å²) in [4.78, 5) is 8.73. The fourth-order valence-electron chi connectivity index (χ4n) is 1.50. The maximum atomic E-state index is 5.50. The third-order valence-electron chi connectivity index (χ3n) is 2.26. The maximum absolute atomic E-state index is 5.50. The van der Waals surface area contributed by atoms with E-state index in [1.165, 1.54) is 0 Å². The van der Waals surface area contributed by atoms with Crippen LogP contribution in [-0.2, 0) is 6.54 Å². The van der Waals surface area contributed by atoms with Gasteiger partial charge in [-0.1, -0.05) is 6.07 Å². The largest absolute Gasteiger partial charge is 0.475 e. The van der Waals surface area contributed by atoms with Crippen LogP contribution in [-0.4, -0.2) is 30.1 Å². The second-order valence-corrected chi connectivity index (χ2v) is 4.40. The van der Waals surface area contributed by atoms with Crippen molar-refractivity contribution in [1.29, 1.82) is 0 Å². The number of pyridine rings is 1. The van der Waals surface area contributed by atoms with Crippen LogP contribution in [0.5, 0.6) is 5.88 Å². The molecule has 0 radical (unpaired) electrons. The molecule has 0 spiro atoms. The van der Waals surface area contributed by atoms with Gasteiger partial charge in [0.25, 0.3) is 0 Å². The Balaban J connectivity index is 2.58. The van der Waals surface area contributed by atoms with Gasteiger partial charge in [-0.15, -0.1) is 0 Å². The molecule has 0 aliphatic heterocycles. The van der Waals surface area contributed by atoms with Crippen LogP contribution in [0.25, 0.3) is 0 Å². The quantitative estimate of drug-likeness (QED) is 0.609. The Morgan fingerprint density at radius 2 is 1.95 bits per heavy atom. The minimum atomic E-state index is 0.144. The van der Waals surface area contributed by atoms with Gasteiger partial charge < -0.3 is 15.4 Å². The zero-order valence-electron chi connectivity index (χ0n) is 12.2. The van der Waals surface area contributed by atoms with E-state index in [1.807, 2.05) is 39.8 Å². The smallest absolute Gasteiger partial charge is 0.213 e. The molecular formula is C14H24N4O. The lowest BCUT2D eigenvalue weighted by atomic mass is 10.3. The van der Waals surface area contributed by atoms with Crippen molar-refractivity contribution in [2.45, 2.75) is 40.3 Å². The van der Waals surface area contributed by atoms with Crippen molar-refractivity contribution >= 4 is 5.96 Å². The van der Waals surface area contributed by atoms with Crippen molar-refractivity contribution in [3.8, 4) is 5.88 Å². The van der Waals surface area contributed by atoms with Crippen LogP contribution < -0.4 is 15.4 Å². The highest BCUT2D eigenvalue weighted by Gasteiger charge is 2.00. The number of hydrogen-bond donors (Lipinski definition) is 2. The molecule has 0 unspecified atom stereocenters. The highest BCUT2D eigenvalue weighted by molar-refractivity contribution is 5.79. The molecule has 1 rings (SSSR count). The average molecular weight is 264 g/mol. The Kier molecular flexibility index (Phi) is 6.71. The van der Waals surface area contributed by atoms with E-state index in [4.69, 9.17) is 4.74 Å². The van der Waals surface area contributed by atoms with Gasteiger partial charge >= 0.3 is 0 Å². The third-order valence-corrected chi connectivity index (χ3v) is 2.26. The lowest BCUT2D eigenvalue weighted by Gasteiger charge is -2.10. The fourth-order valence-corrected chi connectivity index (χ4v) is 1.50. The van der Waals surface area contributed by atoms with Gasteiger partial charge in [-0.2, -0.15) is 0 Å². The molecule has 0 saturated heterocycles. The number of ether oxygens (including phenoxy) is 1. The average Bonchev–Trinajstić information content (AvgIpc) is 2.37. The number of nitrogens with zero attached hydrogens (tertiary/aromatic N) is 2. The molecule has 0 aromatic carbocycles. The number of aliphatic imine (C=N–C) groups is 1. The topological polar surface area (TPSA) is 58.5 Å². The first-order valence-corrected chi connectivity index (χ1v) is 6.79. The normalized spacial score (nSPS) is 10.2. The number of rotatable bonds is 6. The standard InChI is InChI=1S/C14H24N4O/c1-5-15-14(16-6-2)18-10-12-7-8-13(17-9-12)19-11(3)4/h7-9,11H,5-6,10H2,1-4H3,(H2,15,16,18). The van der Waals surface area contributed by atoms with Gasteiger partial charge in [0.1, 0.15) is 0 Å². The summed E-state index contributed by atoms with van der Waals surface area (Å²) in [5.41, 5.74) is 1.06. The summed E-state index contributed by atoms with van der Waals surface area (Å²) < 4.78 is 5.50. The van der Waals surface area contributed by atoms with Crippen molar-refractivity contribution in [2.24, 2.45) is 4.99 Å². The van der Waals surface area contributed by atoms with Crippen molar-refractivity contribution in [3.63, 3.8) is 0 Å². The molecule has 0 bridgehead atoms.